The van der Waals surface area contributed by atoms with Crippen LogP contribution in [0.25, 0.3) is 0 Å². The number of benzene rings is 1. The first-order chi connectivity index (χ1) is 10.1. The van der Waals surface area contributed by atoms with Crippen molar-refractivity contribution in [2.45, 2.75) is 46.1 Å². The maximum atomic E-state index is 12.3. The fraction of sp³-hybridized carbons (Fsp3) is 0.562. The van der Waals surface area contributed by atoms with E-state index < -0.39 is 0 Å². The van der Waals surface area contributed by atoms with Crippen LogP contribution >= 0.6 is 11.6 Å². The summed E-state index contributed by atoms with van der Waals surface area (Å²) in [6.45, 7) is 6.65. The molecule has 0 radical (unpaired) electrons. The largest absolute Gasteiger partial charge is 0.493 e. The molecule has 1 N–H and O–H groups in total. The van der Waals surface area contributed by atoms with Crippen LogP contribution in [0.3, 0.4) is 0 Å². The quantitative estimate of drug-likeness (QED) is 0.787. The Morgan fingerprint density at radius 2 is 1.95 bits per heavy atom. The Kier molecular flexibility index (Phi) is 7.37. The van der Waals surface area contributed by atoms with Gasteiger partial charge in [-0.15, -0.1) is 0 Å². The van der Waals surface area contributed by atoms with Gasteiger partial charge in [0.2, 0.25) is 0 Å². The summed E-state index contributed by atoms with van der Waals surface area (Å²) >= 11 is 6.21. The molecule has 0 heterocycles. The van der Waals surface area contributed by atoms with E-state index in [1.807, 2.05) is 20.8 Å². The monoisotopic (exact) mass is 313 g/mol. The lowest BCUT2D eigenvalue weighted by Crippen LogP contribution is -2.33. The second-order valence-electron chi connectivity index (χ2n) is 4.82. The van der Waals surface area contributed by atoms with Crippen LogP contribution < -0.4 is 14.8 Å². The predicted octanol–water partition coefficient (Wildman–Crippen LogP) is 4.06. The second kappa shape index (κ2) is 8.78. The zero-order valence-electron chi connectivity index (χ0n) is 13.2. The van der Waals surface area contributed by atoms with Gasteiger partial charge in [-0.05, 0) is 31.4 Å². The molecule has 0 aliphatic carbocycles. The lowest BCUT2D eigenvalue weighted by Gasteiger charge is -2.17. The van der Waals surface area contributed by atoms with E-state index in [4.69, 9.17) is 21.1 Å². The van der Waals surface area contributed by atoms with Gasteiger partial charge in [-0.25, -0.2) is 0 Å². The smallest absolute Gasteiger partial charge is 0.251 e. The summed E-state index contributed by atoms with van der Waals surface area (Å²) in [5.74, 6) is 0.816. The number of nitrogens with one attached hydrogen (secondary N) is 1. The summed E-state index contributed by atoms with van der Waals surface area (Å²) in [6, 6.07) is 3.44. The summed E-state index contributed by atoms with van der Waals surface area (Å²) < 4.78 is 10.9. The van der Waals surface area contributed by atoms with Crippen molar-refractivity contribution in [1.29, 1.82) is 0 Å². The second-order valence-corrected chi connectivity index (χ2v) is 5.23. The van der Waals surface area contributed by atoms with Crippen LogP contribution in [0.15, 0.2) is 12.1 Å². The normalized spacial score (nSPS) is 10.6. The first-order valence-electron chi connectivity index (χ1n) is 7.38. The molecule has 0 aliphatic heterocycles. The number of amides is 1. The Morgan fingerprint density at radius 3 is 2.48 bits per heavy atom. The Labute approximate surface area is 131 Å². The number of hydrogen-bond donors (Lipinski definition) is 1. The minimum atomic E-state index is -0.147. The highest BCUT2D eigenvalue weighted by atomic mass is 35.5. The highest BCUT2D eigenvalue weighted by Crippen LogP contribution is 2.36. The van der Waals surface area contributed by atoms with Gasteiger partial charge in [0.15, 0.2) is 11.5 Å². The van der Waals surface area contributed by atoms with Gasteiger partial charge in [-0.2, -0.15) is 0 Å². The summed E-state index contributed by atoms with van der Waals surface area (Å²) in [6.07, 6.45) is 2.66. The average Bonchev–Trinajstić information content (AvgIpc) is 2.50. The maximum Gasteiger partial charge on any atom is 0.251 e. The van der Waals surface area contributed by atoms with Crippen molar-refractivity contribution in [3.8, 4) is 11.5 Å². The molecule has 1 amide bonds. The van der Waals surface area contributed by atoms with Crippen molar-refractivity contribution in [3.63, 3.8) is 0 Å². The Balaban J connectivity index is 2.99. The first kappa shape index (κ1) is 17.6. The molecule has 0 unspecified atom stereocenters. The molecule has 21 heavy (non-hydrogen) atoms. The summed E-state index contributed by atoms with van der Waals surface area (Å²) in [4.78, 5) is 12.3. The Bertz CT molecular complexity index is 473. The van der Waals surface area contributed by atoms with Crippen LogP contribution in [0.4, 0.5) is 0 Å². The van der Waals surface area contributed by atoms with Crippen LogP contribution in [0.2, 0.25) is 5.02 Å². The van der Waals surface area contributed by atoms with Crippen LogP contribution in [-0.2, 0) is 0 Å². The molecule has 1 rings (SSSR count). The highest BCUT2D eigenvalue weighted by Gasteiger charge is 2.17. The number of ether oxygens (including phenoxy) is 2. The molecule has 0 saturated heterocycles. The first-order valence-corrected chi connectivity index (χ1v) is 7.76. The minimum absolute atomic E-state index is 0.147. The van der Waals surface area contributed by atoms with E-state index in [9.17, 15) is 4.79 Å². The van der Waals surface area contributed by atoms with Crippen molar-refractivity contribution >= 4 is 17.5 Å². The topological polar surface area (TPSA) is 47.6 Å². The average molecular weight is 314 g/mol. The van der Waals surface area contributed by atoms with Crippen LogP contribution in [0.5, 0.6) is 11.5 Å². The predicted molar refractivity (Wildman–Crippen MR) is 85.6 cm³/mol. The van der Waals surface area contributed by atoms with E-state index in [-0.39, 0.29) is 11.9 Å². The zero-order valence-corrected chi connectivity index (χ0v) is 13.9. The van der Waals surface area contributed by atoms with Crippen LogP contribution in [-0.4, -0.2) is 25.7 Å². The summed E-state index contributed by atoms with van der Waals surface area (Å²) in [5.41, 5.74) is 0.479. The molecule has 0 spiro atoms. The lowest BCUT2D eigenvalue weighted by molar-refractivity contribution is 0.0934. The fourth-order valence-electron chi connectivity index (χ4n) is 1.96. The lowest BCUT2D eigenvalue weighted by atomic mass is 10.1. The minimum Gasteiger partial charge on any atom is -0.493 e. The molecule has 0 fully saturated rings. The number of rotatable bonds is 8. The third-order valence-corrected chi connectivity index (χ3v) is 3.54. The number of halogens is 1. The van der Waals surface area contributed by atoms with Gasteiger partial charge < -0.3 is 14.8 Å². The van der Waals surface area contributed by atoms with Gasteiger partial charge in [-0.3, -0.25) is 4.79 Å². The van der Waals surface area contributed by atoms with Crippen molar-refractivity contribution in [2.24, 2.45) is 0 Å². The van der Waals surface area contributed by atoms with E-state index in [1.54, 1.807) is 12.1 Å². The van der Waals surface area contributed by atoms with Gasteiger partial charge in [0, 0.05) is 11.6 Å². The van der Waals surface area contributed by atoms with Crippen LogP contribution in [0.1, 0.15) is 50.4 Å². The standard InChI is InChI=1S/C16H24ClNO3/c1-5-8-21-15-13(17)9-11(10-14(15)20-4)16(19)18-12(6-2)7-3/h9-10,12H,5-8H2,1-4H3,(H,18,19). The molecule has 118 valence electrons. The molecule has 1 aromatic rings. The fourth-order valence-corrected chi connectivity index (χ4v) is 2.22. The van der Waals surface area contributed by atoms with Gasteiger partial charge in [-0.1, -0.05) is 32.4 Å². The molecule has 0 saturated carbocycles. The molecule has 5 heteroatoms. The Morgan fingerprint density at radius 1 is 1.29 bits per heavy atom. The molecular formula is C16H24ClNO3. The van der Waals surface area contributed by atoms with Gasteiger partial charge in [0.05, 0.1) is 18.7 Å². The van der Waals surface area contributed by atoms with Crippen LogP contribution in [0, 0.1) is 0 Å². The van der Waals surface area contributed by atoms with Crippen molar-refractivity contribution < 1.29 is 14.3 Å². The van der Waals surface area contributed by atoms with E-state index in [0.29, 0.717) is 28.7 Å². The number of carbonyl (C=O) groups is 1. The number of hydrogen-bond acceptors (Lipinski definition) is 3. The van der Waals surface area contributed by atoms with Crippen molar-refractivity contribution in [2.75, 3.05) is 13.7 Å². The number of methoxy groups -OCH3 is 1. The Hall–Kier alpha value is -1.42. The molecule has 0 aliphatic rings. The number of carbonyl (C=O) groups excluding carboxylic acids is 1. The van der Waals surface area contributed by atoms with Gasteiger partial charge >= 0.3 is 0 Å². The summed E-state index contributed by atoms with van der Waals surface area (Å²) in [5, 5.41) is 3.37. The van der Waals surface area contributed by atoms with Gasteiger partial charge in [0.1, 0.15) is 0 Å². The molecular weight excluding hydrogens is 290 g/mol. The molecule has 1 aromatic carbocycles. The van der Waals surface area contributed by atoms with E-state index in [0.717, 1.165) is 19.3 Å². The van der Waals surface area contributed by atoms with E-state index in [2.05, 4.69) is 5.32 Å². The van der Waals surface area contributed by atoms with Crippen molar-refractivity contribution in [3.05, 3.63) is 22.7 Å². The highest BCUT2D eigenvalue weighted by molar-refractivity contribution is 6.32. The SMILES string of the molecule is CCCOc1c(Cl)cc(C(=O)NC(CC)CC)cc1OC. The van der Waals surface area contributed by atoms with E-state index in [1.165, 1.54) is 7.11 Å². The third kappa shape index (κ3) is 4.81. The molecule has 0 aromatic heterocycles. The van der Waals surface area contributed by atoms with Crippen molar-refractivity contribution in [1.82, 2.24) is 5.32 Å². The van der Waals surface area contributed by atoms with E-state index >= 15 is 0 Å². The summed E-state index contributed by atoms with van der Waals surface area (Å²) in [7, 11) is 1.53. The molecule has 4 nitrogen and oxygen atoms in total. The maximum absolute atomic E-state index is 12.3. The molecule has 0 bridgehead atoms. The third-order valence-electron chi connectivity index (χ3n) is 3.26. The zero-order chi connectivity index (χ0) is 15.8. The van der Waals surface area contributed by atoms with Gasteiger partial charge in [0.25, 0.3) is 5.91 Å². The molecule has 0 atom stereocenters.